The molecule has 1 aliphatic rings. The van der Waals surface area contributed by atoms with Gasteiger partial charge in [0.2, 0.25) is 0 Å². The van der Waals surface area contributed by atoms with Gasteiger partial charge in [0, 0.05) is 31.3 Å². The van der Waals surface area contributed by atoms with Gasteiger partial charge in [-0.05, 0) is 36.1 Å². The third kappa shape index (κ3) is 3.99. The van der Waals surface area contributed by atoms with Crippen LogP contribution >= 0.6 is 0 Å². The fourth-order valence-corrected chi connectivity index (χ4v) is 3.41. The number of aromatic nitrogens is 1. The molecular weight excluding hydrogens is 344 g/mol. The van der Waals surface area contributed by atoms with Gasteiger partial charge in [-0.25, -0.2) is 0 Å². The summed E-state index contributed by atoms with van der Waals surface area (Å²) in [5.74, 6) is 1.63. The Balaban J connectivity index is 1.65. The average Bonchev–Trinajstić information content (AvgIpc) is 2.67. The van der Waals surface area contributed by atoms with Gasteiger partial charge in [0.1, 0.15) is 17.1 Å². The van der Waals surface area contributed by atoms with Crippen molar-refractivity contribution in [3.05, 3.63) is 57.5 Å². The highest BCUT2D eigenvalue weighted by molar-refractivity contribution is 5.93. The molecule has 2 aromatic rings. The number of carbonyl (C=O) groups excluding carboxylic acids is 1. The number of carbonyl (C=O) groups is 1. The van der Waals surface area contributed by atoms with Crippen LogP contribution in [0.15, 0.2) is 35.1 Å². The predicted molar refractivity (Wildman–Crippen MR) is 104 cm³/mol. The number of hydrogen-bond donors (Lipinski definition) is 1. The summed E-state index contributed by atoms with van der Waals surface area (Å²) < 4.78 is 12.6. The Morgan fingerprint density at radius 2 is 2.11 bits per heavy atom. The predicted octanol–water partition coefficient (Wildman–Crippen LogP) is 2.50. The lowest BCUT2D eigenvalue weighted by molar-refractivity contribution is 0.0937. The van der Waals surface area contributed by atoms with Crippen molar-refractivity contribution in [2.45, 2.75) is 26.2 Å². The Morgan fingerprint density at radius 1 is 1.33 bits per heavy atom. The molecule has 0 fully saturated rings. The number of nitrogens with one attached hydrogen (secondary N) is 1. The molecule has 6 nitrogen and oxygen atoms in total. The average molecular weight is 370 g/mol. The van der Waals surface area contributed by atoms with Crippen LogP contribution in [0.3, 0.4) is 0 Å². The topological polar surface area (TPSA) is 69.6 Å². The van der Waals surface area contributed by atoms with E-state index in [0.29, 0.717) is 13.2 Å². The van der Waals surface area contributed by atoms with E-state index < -0.39 is 0 Å². The summed E-state index contributed by atoms with van der Waals surface area (Å²) >= 11 is 0. The third-order valence-electron chi connectivity index (χ3n) is 4.99. The molecule has 0 radical (unpaired) electrons. The van der Waals surface area contributed by atoms with Crippen molar-refractivity contribution in [3.63, 3.8) is 0 Å². The maximum Gasteiger partial charge on any atom is 0.263 e. The number of ether oxygens (including phenoxy) is 2. The van der Waals surface area contributed by atoms with E-state index in [-0.39, 0.29) is 28.9 Å². The summed E-state index contributed by atoms with van der Waals surface area (Å²) in [6, 6.07) is 9.23. The van der Waals surface area contributed by atoms with E-state index in [0.717, 1.165) is 29.2 Å². The van der Waals surface area contributed by atoms with Crippen LogP contribution < -0.4 is 20.3 Å². The number of methoxy groups -OCH3 is 1. The van der Waals surface area contributed by atoms with Crippen molar-refractivity contribution in [1.82, 2.24) is 9.88 Å². The molecule has 1 aromatic carbocycles. The second-order valence-electron chi connectivity index (χ2n) is 7.26. The first kappa shape index (κ1) is 19.0. The van der Waals surface area contributed by atoms with E-state index in [4.69, 9.17) is 9.47 Å². The van der Waals surface area contributed by atoms with Crippen molar-refractivity contribution in [2.24, 2.45) is 13.0 Å². The highest BCUT2D eigenvalue weighted by Crippen LogP contribution is 2.30. The van der Waals surface area contributed by atoms with Crippen LogP contribution in [0.25, 0.3) is 0 Å². The number of pyridine rings is 1. The lowest BCUT2D eigenvalue weighted by Gasteiger charge is -2.25. The van der Waals surface area contributed by atoms with Gasteiger partial charge >= 0.3 is 0 Å². The number of rotatable bonds is 5. The minimum Gasteiger partial charge on any atom is -0.497 e. The first-order valence-electron chi connectivity index (χ1n) is 9.18. The van der Waals surface area contributed by atoms with Crippen LogP contribution in [-0.2, 0) is 13.5 Å². The third-order valence-corrected chi connectivity index (χ3v) is 4.99. The quantitative estimate of drug-likeness (QED) is 0.878. The largest absolute Gasteiger partial charge is 0.497 e. The molecule has 0 bridgehead atoms. The summed E-state index contributed by atoms with van der Waals surface area (Å²) in [4.78, 5) is 25.0. The lowest BCUT2D eigenvalue weighted by atomic mass is 9.96. The Hall–Kier alpha value is -2.76. The van der Waals surface area contributed by atoms with E-state index >= 15 is 0 Å². The van der Waals surface area contributed by atoms with Gasteiger partial charge in [-0.3, -0.25) is 9.59 Å². The minimum absolute atomic E-state index is 0.161. The summed E-state index contributed by atoms with van der Waals surface area (Å²) in [7, 11) is 3.33. The van der Waals surface area contributed by atoms with Crippen molar-refractivity contribution in [2.75, 3.05) is 20.3 Å². The summed E-state index contributed by atoms with van der Waals surface area (Å²) in [6.45, 7) is 5.01. The summed E-state index contributed by atoms with van der Waals surface area (Å²) in [6.07, 6.45) is 0.809. The highest BCUT2D eigenvalue weighted by Gasteiger charge is 2.22. The number of hydrogen-bond acceptors (Lipinski definition) is 4. The second kappa shape index (κ2) is 7.86. The van der Waals surface area contributed by atoms with Gasteiger partial charge in [-0.15, -0.1) is 0 Å². The first-order valence-corrected chi connectivity index (χ1v) is 9.18. The van der Waals surface area contributed by atoms with E-state index in [2.05, 4.69) is 5.32 Å². The van der Waals surface area contributed by atoms with Crippen LogP contribution in [0.4, 0.5) is 0 Å². The molecule has 1 unspecified atom stereocenters. The molecule has 1 N–H and O–H groups in total. The van der Waals surface area contributed by atoms with Crippen LogP contribution in [0, 0.1) is 5.92 Å². The van der Waals surface area contributed by atoms with Gasteiger partial charge in [0.25, 0.3) is 11.5 Å². The molecule has 144 valence electrons. The number of fused-ring (bicyclic) bond motifs is 1. The Morgan fingerprint density at radius 3 is 2.81 bits per heavy atom. The van der Waals surface area contributed by atoms with Crippen molar-refractivity contribution in [1.29, 1.82) is 0 Å². The molecule has 0 saturated heterocycles. The van der Waals surface area contributed by atoms with Crippen molar-refractivity contribution in [3.8, 4) is 11.5 Å². The normalized spacial score (nSPS) is 15.8. The van der Waals surface area contributed by atoms with Gasteiger partial charge in [-0.2, -0.15) is 0 Å². The van der Waals surface area contributed by atoms with Crippen molar-refractivity contribution >= 4 is 5.91 Å². The van der Waals surface area contributed by atoms with Gasteiger partial charge in [0.05, 0.1) is 13.7 Å². The summed E-state index contributed by atoms with van der Waals surface area (Å²) in [5.41, 5.74) is 1.91. The fraction of sp³-hybridized carbons (Fsp3) is 0.429. The van der Waals surface area contributed by atoms with Crippen molar-refractivity contribution < 1.29 is 14.3 Å². The smallest absolute Gasteiger partial charge is 0.263 e. The molecule has 1 amide bonds. The van der Waals surface area contributed by atoms with Gasteiger partial charge < -0.3 is 19.4 Å². The summed E-state index contributed by atoms with van der Waals surface area (Å²) in [5, 5.41) is 2.88. The first-order chi connectivity index (χ1) is 12.9. The van der Waals surface area contributed by atoms with E-state index in [1.165, 1.54) is 0 Å². The SMILES string of the molecule is COc1ccc2c(c1)OCC(CNC(=O)c1ccc(C(C)C)n(C)c1=O)C2. The molecule has 6 heteroatoms. The molecule has 27 heavy (non-hydrogen) atoms. The molecule has 1 aromatic heterocycles. The zero-order valence-corrected chi connectivity index (χ0v) is 16.2. The molecule has 0 spiro atoms. The molecule has 3 rings (SSSR count). The monoisotopic (exact) mass is 370 g/mol. The maximum absolute atomic E-state index is 12.5. The molecule has 1 atom stereocenters. The molecule has 2 heterocycles. The number of benzene rings is 1. The Kier molecular flexibility index (Phi) is 5.54. The van der Waals surface area contributed by atoms with E-state index in [1.54, 1.807) is 24.8 Å². The van der Waals surface area contributed by atoms with Gasteiger partial charge in [-0.1, -0.05) is 19.9 Å². The van der Waals surface area contributed by atoms with Crippen LogP contribution in [0.1, 0.15) is 41.4 Å². The fourth-order valence-electron chi connectivity index (χ4n) is 3.41. The minimum atomic E-state index is -0.341. The number of nitrogens with zero attached hydrogens (tertiary/aromatic N) is 1. The lowest BCUT2D eigenvalue weighted by Crippen LogP contribution is -2.38. The van der Waals surface area contributed by atoms with E-state index in [9.17, 15) is 9.59 Å². The van der Waals surface area contributed by atoms with Crippen LogP contribution in [0.5, 0.6) is 11.5 Å². The van der Waals surface area contributed by atoms with E-state index in [1.807, 2.05) is 38.1 Å². The molecule has 0 saturated carbocycles. The zero-order valence-electron chi connectivity index (χ0n) is 16.2. The Bertz CT molecular complexity index is 902. The standard InChI is InChI=1S/C21H26N2O4/c1-13(2)18-8-7-17(21(25)23(18)3)20(24)22-11-14-9-15-5-6-16(26-4)10-19(15)27-12-14/h5-8,10,13-14H,9,11-12H2,1-4H3,(H,22,24). The number of amides is 1. The second-order valence-corrected chi connectivity index (χ2v) is 7.26. The zero-order chi connectivity index (χ0) is 19.6. The maximum atomic E-state index is 12.5. The molecule has 1 aliphatic heterocycles. The Labute approximate surface area is 159 Å². The van der Waals surface area contributed by atoms with Crippen LogP contribution in [-0.4, -0.2) is 30.7 Å². The molecule has 0 aliphatic carbocycles. The highest BCUT2D eigenvalue weighted by atomic mass is 16.5. The molecular formula is C21H26N2O4. The van der Waals surface area contributed by atoms with Gasteiger partial charge in [0.15, 0.2) is 0 Å². The van der Waals surface area contributed by atoms with Crippen LogP contribution in [0.2, 0.25) is 0 Å².